The molecular formula is C12H5Cl3FI. The molecule has 2 aromatic carbocycles. The van der Waals surface area contributed by atoms with Gasteiger partial charge in [0, 0.05) is 14.7 Å². The summed E-state index contributed by atoms with van der Waals surface area (Å²) in [6.07, 6.45) is 0. The molecule has 0 N–H and O–H groups in total. The van der Waals surface area contributed by atoms with Crippen molar-refractivity contribution < 1.29 is 4.39 Å². The maximum Gasteiger partial charge on any atom is 0.131 e. The van der Waals surface area contributed by atoms with E-state index in [0.29, 0.717) is 16.1 Å². The van der Waals surface area contributed by atoms with Gasteiger partial charge in [-0.15, -0.1) is 0 Å². The lowest BCUT2D eigenvalue weighted by Gasteiger charge is -2.09. The summed E-state index contributed by atoms with van der Waals surface area (Å²) >= 11 is 19.9. The molecule has 0 nitrogen and oxygen atoms in total. The van der Waals surface area contributed by atoms with Gasteiger partial charge in [0.15, 0.2) is 0 Å². The summed E-state index contributed by atoms with van der Waals surface area (Å²) < 4.78 is 14.6. The standard InChI is InChI=1S/C12H5Cl3FI/c13-9-3-2-7(11(14)12(9)15)8-5-6(17)1-4-10(8)16/h1-5H. The second kappa shape index (κ2) is 5.31. The topological polar surface area (TPSA) is 0 Å². The summed E-state index contributed by atoms with van der Waals surface area (Å²) in [7, 11) is 0. The average Bonchev–Trinajstić information content (AvgIpc) is 2.30. The van der Waals surface area contributed by atoms with Crippen LogP contribution < -0.4 is 0 Å². The predicted octanol–water partition coefficient (Wildman–Crippen LogP) is 6.06. The van der Waals surface area contributed by atoms with Gasteiger partial charge in [-0.05, 0) is 46.9 Å². The second-order valence-electron chi connectivity index (χ2n) is 3.35. The van der Waals surface area contributed by atoms with E-state index < -0.39 is 0 Å². The Balaban J connectivity index is 2.69. The first kappa shape index (κ1) is 13.4. The molecule has 5 heteroatoms. The van der Waals surface area contributed by atoms with E-state index in [9.17, 15) is 4.39 Å². The quantitative estimate of drug-likeness (QED) is 0.403. The number of hydrogen-bond acceptors (Lipinski definition) is 0. The van der Waals surface area contributed by atoms with Crippen molar-refractivity contribution in [3.8, 4) is 11.1 Å². The van der Waals surface area contributed by atoms with Gasteiger partial charge in [0.1, 0.15) is 5.82 Å². The molecule has 0 aromatic heterocycles. The second-order valence-corrected chi connectivity index (χ2v) is 5.76. The Hall–Kier alpha value is -0.0300. The molecular weight excluding hydrogens is 396 g/mol. The van der Waals surface area contributed by atoms with E-state index in [0.717, 1.165) is 3.57 Å². The molecule has 0 unspecified atom stereocenters. The van der Waals surface area contributed by atoms with Gasteiger partial charge in [0.2, 0.25) is 0 Å². The van der Waals surface area contributed by atoms with E-state index >= 15 is 0 Å². The van der Waals surface area contributed by atoms with Crippen molar-refractivity contribution in [1.29, 1.82) is 0 Å². The van der Waals surface area contributed by atoms with Crippen molar-refractivity contribution in [3.63, 3.8) is 0 Å². The maximum absolute atomic E-state index is 13.7. The van der Waals surface area contributed by atoms with Gasteiger partial charge in [-0.2, -0.15) is 0 Å². The lowest BCUT2D eigenvalue weighted by molar-refractivity contribution is 0.631. The van der Waals surface area contributed by atoms with Gasteiger partial charge < -0.3 is 0 Å². The fraction of sp³-hybridized carbons (Fsp3) is 0. The Kier molecular flexibility index (Phi) is 4.18. The summed E-state index contributed by atoms with van der Waals surface area (Å²) in [5.41, 5.74) is 0.956. The Morgan fingerprint density at radius 1 is 0.882 bits per heavy atom. The lowest BCUT2D eigenvalue weighted by Crippen LogP contribution is -1.88. The first-order valence-electron chi connectivity index (χ1n) is 4.59. The van der Waals surface area contributed by atoms with Crippen LogP contribution in [-0.2, 0) is 0 Å². The van der Waals surface area contributed by atoms with Crippen LogP contribution in [0.2, 0.25) is 15.1 Å². The molecule has 0 fully saturated rings. The molecule has 0 amide bonds. The first-order valence-corrected chi connectivity index (χ1v) is 6.81. The van der Waals surface area contributed by atoms with Gasteiger partial charge >= 0.3 is 0 Å². The van der Waals surface area contributed by atoms with E-state index in [1.54, 1.807) is 24.3 Å². The molecule has 2 aromatic rings. The lowest BCUT2D eigenvalue weighted by atomic mass is 10.1. The molecule has 0 aliphatic heterocycles. The van der Waals surface area contributed by atoms with Gasteiger partial charge in [-0.25, -0.2) is 4.39 Å². The van der Waals surface area contributed by atoms with Crippen molar-refractivity contribution >= 4 is 57.4 Å². The van der Waals surface area contributed by atoms with Gasteiger partial charge in [0.05, 0.1) is 15.1 Å². The highest BCUT2D eigenvalue weighted by atomic mass is 127. The Morgan fingerprint density at radius 3 is 2.29 bits per heavy atom. The minimum Gasteiger partial charge on any atom is -0.206 e. The third kappa shape index (κ3) is 2.70. The molecule has 17 heavy (non-hydrogen) atoms. The third-order valence-corrected chi connectivity index (χ3v) is 4.22. The van der Waals surface area contributed by atoms with Crippen LogP contribution >= 0.6 is 57.4 Å². The highest BCUT2D eigenvalue weighted by Gasteiger charge is 2.13. The van der Waals surface area contributed by atoms with Crippen molar-refractivity contribution in [3.05, 3.63) is 54.8 Å². The normalized spacial score (nSPS) is 10.6. The van der Waals surface area contributed by atoms with Crippen LogP contribution in [0.1, 0.15) is 0 Å². The highest BCUT2D eigenvalue weighted by molar-refractivity contribution is 14.1. The van der Waals surface area contributed by atoms with E-state index in [2.05, 4.69) is 22.6 Å². The molecule has 0 aliphatic rings. The highest BCUT2D eigenvalue weighted by Crippen LogP contribution is 2.39. The summed E-state index contributed by atoms with van der Waals surface area (Å²) in [4.78, 5) is 0. The zero-order valence-corrected chi connectivity index (χ0v) is 12.7. The van der Waals surface area contributed by atoms with Crippen molar-refractivity contribution in [2.24, 2.45) is 0 Å². The van der Waals surface area contributed by atoms with E-state index in [1.807, 2.05) is 0 Å². The van der Waals surface area contributed by atoms with E-state index in [4.69, 9.17) is 34.8 Å². The third-order valence-electron chi connectivity index (χ3n) is 2.25. The summed E-state index contributed by atoms with van der Waals surface area (Å²) in [6, 6.07) is 8.05. The van der Waals surface area contributed by atoms with Gasteiger partial charge in [-0.1, -0.05) is 40.9 Å². The molecule has 0 atom stereocenters. The molecule has 88 valence electrons. The largest absolute Gasteiger partial charge is 0.206 e. The number of benzene rings is 2. The zero-order valence-electron chi connectivity index (χ0n) is 8.28. The molecule has 0 bridgehead atoms. The number of rotatable bonds is 1. The molecule has 0 aliphatic carbocycles. The average molecular weight is 401 g/mol. The van der Waals surface area contributed by atoms with Crippen LogP contribution in [0.4, 0.5) is 4.39 Å². The van der Waals surface area contributed by atoms with Crippen LogP contribution in [-0.4, -0.2) is 0 Å². The fourth-order valence-electron chi connectivity index (χ4n) is 1.44. The summed E-state index contributed by atoms with van der Waals surface area (Å²) in [5, 5.41) is 0.857. The molecule has 2 rings (SSSR count). The minimum atomic E-state index is -0.342. The predicted molar refractivity (Wildman–Crippen MR) is 79.6 cm³/mol. The van der Waals surface area contributed by atoms with Crippen molar-refractivity contribution in [2.45, 2.75) is 0 Å². The van der Waals surface area contributed by atoms with Crippen LogP contribution in [0.25, 0.3) is 11.1 Å². The van der Waals surface area contributed by atoms with Crippen molar-refractivity contribution in [2.75, 3.05) is 0 Å². The van der Waals surface area contributed by atoms with Crippen LogP contribution in [0.3, 0.4) is 0 Å². The molecule has 0 radical (unpaired) electrons. The zero-order chi connectivity index (χ0) is 12.6. The number of halogens is 5. The monoisotopic (exact) mass is 400 g/mol. The Labute approximate surface area is 127 Å². The van der Waals surface area contributed by atoms with Gasteiger partial charge in [0.25, 0.3) is 0 Å². The van der Waals surface area contributed by atoms with Crippen LogP contribution in [0.15, 0.2) is 30.3 Å². The SMILES string of the molecule is Fc1ccc(I)cc1-c1ccc(Cl)c(Cl)c1Cl. The maximum atomic E-state index is 13.7. The van der Waals surface area contributed by atoms with Crippen molar-refractivity contribution in [1.82, 2.24) is 0 Å². The van der Waals surface area contributed by atoms with Gasteiger partial charge in [-0.3, -0.25) is 0 Å². The first-order chi connectivity index (χ1) is 8.00. The van der Waals surface area contributed by atoms with Crippen LogP contribution in [0.5, 0.6) is 0 Å². The number of hydrogen-bond donors (Lipinski definition) is 0. The smallest absolute Gasteiger partial charge is 0.131 e. The Morgan fingerprint density at radius 2 is 1.59 bits per heavy atom. The fourth-order valence-corrected chi connectivity index (χ4v) is 2.57. The summed E-state index contributed by atoms with van der Waals surface area (Å²) in [5.74, 6) is -0.342. The van der Waals surface area contributed by atoms with Crippen LogP contribution in [0, 0.1) is 9.39 Å². The molecule has 0 saturated carbocycles. The summed E-state index contributed by atoms with van der Waals surface area (Å²) in [6.45, 7) is 0. The molecule has 0 saturated heterocycles. The molecule has 0 spiro atoms. The molecule has 0 heterocycles. The van der Waals surface area contributed by atoms with E-state index in [1.165, 1.54) is 6.07 Å². The minimum absolute atomic E-state index is 0.240. The van der Waals surface area contributed by atoms with E-state index in [-0.39, 0.29) is 15.9 Å². The Bertz CT molecular complexity index is 584.